The molecule has 0 aliphatic rings. The maximum absolute atomic E-state index is 12.4. The molecule has 0 saturated carbocycles. The van der Waals surface area contributed by atoms with Crippen molar-refractivity contribution in [2.45, 2.75) is 162 Å². The van der Waals surface area contributed by atoms with Gasteiger partial charge >= 0.3 is 19.8 Å². The number of hydrogen-bond acceptors (Lipinski definition) is 7. The van der Waals surface area contributed by atoms with Crippen molar-refractivity contribution >= 4 is 19.8 Å². The van der Waals surface area contributed by atoms with Crippen LogP contribution in [-0.4, -0.2) is 42.8 Å². The number of hydrogen-bond donors (Lipinski definition) is 1. The normalized spacial score (nSPS) is 14.2. The predicted octanol–water partition coefficient (Wildman–Crippen LogP) is 12.2. The van der Waals surface area contributed by atoms with Crippen molar-refractivity contribution in [1.29, 1.82) is 0 Å². The van der Waals surface area contributed by atoms with Crippen LogP contribution in [0.5, 0.6) is 0 Å². The zero-order valence-corrected chi connectivity index (χ0v) is 33.1. The van der Waals surface area contributed by atoms with Gasteiger partial charge in [-0.3, -0.25) is 18.6 Å². The molecule has 0 fully saturated rings. The van der Waals surface area contributed by atoms with Gasteiger partial charge in [-0.15, -0.1) is 0 Å². The monoisotopic (exact) mass is 734 g/mol. The van der Waals surface area contributed by atoms with Crippen molar-refractivity contribution in [3.8, 4) is 0 Å². The highest BCUT2D eigenvalue weighted by atomic mass is 31.2. The third-order valence-electron chi connectivity index (χ3n) is 7.78. The number of phosphoric ester groups is 1. The Morgan fingerprint density at radius 1 is 0.569 bits per heavy atom. The lowest BCUT2D eigenvalue weighted by Gasteiger charge is -2.19. The van der Waals surface area contributed by atoms with Crippen LogP contribution in [0.15, 0.2) is 72.9 Å². The molecule has 0 amide bonds. The molecule has 0 heterocycles. The number of carbonyl (C=O) groups is 2. The Kier molecular flexibility index (Phi) is 35.4. The van der Waals surface area contributed by atoms with Crippen LogP contribution < -0.4 is 0 Å². The average molecular weight is 735 g/mol. The van der Waals surface area contributed by atoms with Crippen LogP contribution in [-0.2, 0) is 32.7 Å². The van der Waals surface area contributed by atoms with Crippen molar-refractivity contribution in [3.05, 3.63) is 72.9 Å². The summed E-state index contributed by atoms with van der Waals surface area (Å²) in [5, 5.41) is 0. The van der Waals surface area contributed by atoms with Gasteiger partial charge in [0.25, 0.3) is 0 Å². The number of allylic oxidation sites excluding steroid dienone is 11. The van der Waals surface area contributed by atoms with Gasteiger partial charge in [-0.1, -0.05) is 145 Å². The number of esters is 2. The third-order valence-corrected chi connectivity index (χ3v) is 8.84. The smallest absolute Gasteiger partial charge is 0.462 e. The number of phosphoric acid groups is 1. The Bertz CT molecular complexity index is 1060. The summed E-state index contributed by atoms with van der Waals surface area (Å²) in [5.41, 5.74) is 0. The molecule has 2 atom stereocenters. The van der Waals surface area contributed by atoms with E-state index in [0.717, 1.165) is 57.8 Å². The Labute approximate surface area is 311 Å². The van der Waals surface area contributed by atoms with E-state index in [0.29, 0.717) is 12.8 Å². The van der Waals surface area contributed by atoms with Crippen LogP contribution in [0.25, 0.3) is 0 Å². The Morgan fingerprint density at radius 3 is 1.59 bits per heavy atom. The van der Waals surface area contributed by atoms with Gasteiger partial charge in [0.05, 0.1) is 19.6 Å². The summed E-state index contributed by atoms with van der Waals surface area (Å²) in [4.78, 5) is 34.6. The molecule has 1 N–H and O–H groups in total. The average Bonchev–Trinajstić information content (AvgIpc) is 3.10. The van der Waals surface area contributed by atoms with Gasteiger partial charge < -0.3 is 14.4 Å². The number of rotatable bonds is 35. The highest BCUT2D eigenvalue weighted by Crippen LogP contribution is 2.43. The second-order valence-electron chi connectivity index (χ2n) is 12.6. The van der Waals surface area contributed by atoms with Crippen LogP contribution in [0.4, 0.5) is 0 Å². The van der Waals surface area contributed by atoms with E-state index in [9.17, 15) is 19.0 Å². The molecule has 0 aromatic rings. The summed E-state index contributed by atoms with van der Waals surface area (Å²) in [6, 6.07) is 0. The molecule has 9 heteroatoms. The molecular formula is C42H71O8P. The summed E-state index contributed by atoms with van der Waals surface area (Å²) in [7, 11) is -4.31. The lowest BCUT2D eigenvalue weighted by atomic mass is 10.1. The minimum atomic E-state index is -4.31. The fourth-order valence-electron chi connectivity index (χ4n) is 4.93. The fraction of sp³-hybridized carbons (Fsp3) is 0.667. The van der Waals surface area contributed by atoms with Gasteiger partial charge in [0, 0.05) is 6.42 Å². The van der Waals surface area contributed by atoms with Gasteiger partial charge in [0.2, 0.25) is 0 Å². The van der Waals surface area contributed by atoms with Crippen molar-refractivity contribution in [2.75, 3.05) is 19.8 Å². The van der Waals surface area contributed by atoms with E-state index >= 15 is 0 Å². The van der Waals surface area contributed by atoms with E-state index in [2.05, 4.69) is 68.5 Å². The van der Waals surface area contributed by atoms with Gasteiger partial charge in [-0.2, -0.15) is 0 Å². The molecule has 0 aromatic heterocycles. The zero-order chi connectivity index (χ0) is 37.5. The van der Waals surface area contributed by atoms with E-state index in [1.807, 2.05) is 12.2 Å². The summed E-state index contributed by atoms with van der Waals surface area (Å²) >= 11 is 0. The predicted molar refractivity (Wildman–Crippen MR) is 211 cm³/mol. The second kappa shape index (κ2) is 37.3. The van der Waals surface area contributed by atoms with Crippen LogP contribution in [0.2, 0.25) is 0 Å². The van der Waals surface area contributed by atoms with E-state index < -0.39 is 32.5 Å². The Morgan fingerprint density at radius 2 is 1.06 bits per heavy atom. The molecule has 0 aliphatic heterocycles. The molecule has 0 bridgehead atoms. The molecule has 0 saturated heterocycles. The number of unbranched alkanes of at least 4 members (excludes halogenated alkanes) is 12. The highest BCUT2D eigenvalue weighted by Gasteiger charge is 2.25. The molecule has 0 spiro atoms. The largest absolute Gasteiger partial charge is 0.472 e. The van der Waals surface area contributed by atoms with E-state index in [4.69, 9.17) is 18.5 Å². The fourth-order valence-corrected chi connectivity index (χ4v) is 5.69. The van der Waals surface area contributed by atoms with Crippen molar-refractivity contribution in [1.82, 2.24) is 0 Å². The SMILES string of the molecule is CC/C=C\C/C=C\C/C=C\C/C=C\C/C=C\CC(=O)OC(COC(=O)CCCCCCC/C=C\CCCCCCCCC)COP(=O)(O)OCC. The summed E-state index contributed by atoms with van der Waals surface area (Å²) in [6.45, 7) is 5.21. The molecule has 292 valence electrons. The van der Waals surface area contributed by atoms with Gasteiger partial charge in [0.15, 0.2) is 6.10 Å². The first kappa shape index (κ1) is 48.5. The molecular weight excluding hydrogens is 663 g/mol. The highest BCUT2D eigenvalue weighted by molar-refractivity contribution is 7.47. The lowest BCUT2D eigenvalue weighted by molar-refractivity contribution is -0.160. The first-order valence-corrected chi connectivity index (χ1v) is 21.2. The maximum Gasteiger partial charge on any atom is 0.472 e. The summed E-state index contributed by atoms with van der Waals surface area (Å²) < 4.78 is 32.4. The van der Waals surface area contributed by atoms with Crippen LogP contribution in [0.3, 0.4) is 0 Å². The zero-order valence-electron chi connectivity index (χ0n) is 32.2. The number of carbonyl (C=O) groups excluding carboxylic acids is 2. The van der Waals surface area contributed by atoms with Gasteiger partial charge in [-0.25, -0.2) is 4.57 Å². The molecule has 2 unspecified atom stereocenters. The Balaban J connectivity index is 4.29. The molecule has 51 heavy (non-hydrogen) atoms. The van der Waals surface area contributed by atoms with Gasteiger partial charge in [0.1, 0.15) is 6.61 Å². The first-order valence-electron chi connectivity index (χ1n) is 19.7. The van der Waals surface area contributed by atoms with Crippen LogP contribution >= 0.6 is 7.82 Å². The maximum atomic E-state index is 12.4. The first-order chi connectivity index (χ1) is 24.8. The van der Waals surface area contributed by atoms with Crippen molar-refractivity contribution < 1.29 is 37.6 Å². The van der Waals surface area contributed by atoms with E-state index in [1.165, 1.54) is 51.4 Å². The molecule has 0 radical (unpaired) electrons. The van der Waals surface area contributed by atoms with Crippen molar-refractivity contribution in [3.63, 3.8) is 0 Å². The second-order valence-corrected chi connectivity index (χ2v) is 14.0. The van der Waals surface area contributed by atoms with Crippen LogP contribution in [0.1, 0.15) is 156 Å². The minimum Gasteiger partial charge on any atom is -0.462 e. The summed E-state index contributed by atoms with van der Waals surface area (Å²) in [5.74, 6) is -0.961. The standard InChI is InChI=1S/C42H71O8P/c1-4-7-9-11-13-15-17-19-21-23-24-26-28-30-32-34-36-41(43)47-38-40(39-49-51(45,46)48-6-3)50-42(44)37-35-33-31-29-27-25-22-20-18-16-14-12-10-8-5-2/h8,10,14,16,20-23,27,29,33,35,40H,4-7,9,11-13,15,17-19,24-26,28,30-32,34,36-39H2,1-3H3,(H,45,46)/b10-8-,16-14-,22-20-,23-21-,29-27-,35-33-. The lowest BCUT2D eigenvalue weighted by Crippen LogP contribution is -2.29. The quantitative estimate of drug-likeness (QED) is 0.0297. The van der Waals surface area contributed by atoms with Crippen molar-refractivity contribution in [2.24, 2.45) is 0 Å². The molecule has 8 nitrogen and oxygen atoms in total. The topological polar surface area (TPSA) is 108 Å². The molecule has 0 aromatic carbocycles. The van der Waals surface area contributed by atoms with E-state index in [1.54, 1.807) is 13.0 Å². The third kappa shape index (κ3) is 37.1. The van der Waals surface area contributed by atoms with E-state index in [-0.39, 0.29) is 26.1 Å². The van der Waals surface area contributed by atoms with Crippen LogP contribution in [0, 0.1) is 0 Å². The summed E-state index contributed by atoms with van der Waals surface area (Å²) in [6.07, 6.45) is 45.6. The Hall–Kier alpha value is -2.51. The number of ether oxygens (including phenoxy) is 2. The minimum absolute atomic E-state index is 0.00913. The molecule has 0 rings (SSSR count). The molecule has 0 aliphatic carbocycles. The van der Waals surface area contributed by atoms with Gasteiger partial charge in [-0.05, 0) is 71.1 Å².